The van der Waals surface area contributed by atoms with E-state index in [4.69, 9.17) is 0 Å². The van der Waals surface area contributed by atoms with Gasteiger partial charge < -0.3 is 16.0 Å². The summed E-state index contributed by atoms with van der Waals surface area (Å²) in [7, 11) is 1.81. The Hall–Kier alpha value is -2.04. The first-order chi connectivity index (χ1) is 12.2. The van der Waals surface area contributed by atoms with Crippen LogP contribution in [0.15, 0.2) is 29.3 Å². The van der Waals surface area contributed by atoms with Crippen molar-refractivity contribution in [2.75, 3.05) is 25.5 Å². The highest BCUT2D eigenvalue weighted by atomic mass is 16.1. The number of para-hydroxylation sites is 1. The summed E-state index contributed by atoms with van der Waals surface area (Å²) >= 11 is 0. The van der Waals surface area contributed by atoms with E-state index >= 15 is 0 Å². The number of nitrogens with one attached hydrogen (secondary N) is 3. The Morgan fingerprint density at radius 3 is 2.84 bits per heavy atom. The summed E-state index contributed by atoms with van der Waals surface area (Å²) in [5, 5.41) is 9.83. The van der Waals surface area contributed by atoms with E-state index in [0.29, 0.717) is 13.0 Å². The largest absolute Gasteiger partial charge is 0.356 e. The number of hydrogen-bond acceptors (Lipinski definition) is 2. The van der Waals surface area contributed by atoms with E-state index in [1.54, 1.807) is 7.05 Å². The number of nitrogens with zero attached hydrogens (tertiary/aromatic N) is 1. The molecule has 136 valence electrons. The topological polar surface area (TPSA) is 65.5 Å². The number of hydrogen-bond donors (Lipinski definition) is 3. The summed E-state index contributed by atoms with van der Waals surface area (Å²) in [5.74, 6) is 2.68. The minimum Gasteiger partial charge on any atom is -0.356 e. The van der Waals surface area contributed by atoms with Crippen LogP contribution in [0.1, 0.15) is 50.5 Å². The van der Waals surface area contributed by atoms with Crippen LogP contribution in [0.5, 0.6) is 0 Å². The van der Waals surface area contributed by atoms with Crippen LogP contribution in [0.2, 0.25) is 0 Å². The molecule has 1 saturated carbocycles. The monoisotopic (exact) mass is 342 g/mol. The number of benzene rings is 1. The van der Waals surface area contributed by atoms with Gasteiger partial charge in [-0.3, -0.25) is 9.79 Å². The fourth-order valence-corrected chi connectivity index (χ4v) is 4.11. The summed E-state index contributed by atoms with van der Waals surface area (Å²) < 4.78 is 0. The van der Waals surface area contributed by atoms with Gasteiger partial charge in [0.2, 0.25) is 5.91 Å². The van der Waals surface area contributed by atoms with Gasteiger partial charge in [0, 0.05) is 38.2 Å². The molecule has 1 heterocycles. The van der Waals surface area contributed by atoms with Gasteiger partial charge in [0.05, 0.1) is 0 Å². The van der Waals surface area contributed by atoms with E-state index in [9.17, 15) is 4.79 Å². The Bertz CT molecular complexity index is 628. The molecule has 0 saturated heterocycles. The maximum absolute atomic E-state index is 11.9. The first kappa shape index (κ1) is 17.8. The van der Waals surface area contributed by atoms with E-state index in [0.717, 1.165) is 30.0 Å². The molecule has 1 aliphatic carbocycles. The molecule has 0 bridgehead atoms. The SMILES string of the molecule is CN=C(NCC1CCCC(C)C1)NCC1CC(=O)Nc2ccccc21. The quantitative estimate of drug-likeness (QED) is 0.582. The fraction of sp³-hybridized carbons (Fsp3) is 0.600. The van der Waals surface area contributed by atoms with Crippen LogP contribution >= 0.6 is 0 Å². The zero-order chi connectivity index (χ0) is 17.6. The van der Waals surface area contributed by atoms with Gasteiger partial charge in [-0.2, -0.15) is 0 Å². The molecule has 0 radical (unpaired) electrons. The van der Waals surface area contributed by atoms with Crippen LogP contribution in [-0.2, 0) is 4.79 Å². The van der Waals surface area contributed by atoms with Crippen molar-refractivity contribution in [1.82, 2.24) is 10.6 Å². The minimum absolute atomic E-state index is 0.0876. The Kier molecular flexibility index (Phi) is 5.95. The number of aliphatic imine (C=N–C) groups is 1. The summed E-state index contributed by atoms with van der Waals surface area (Å²) in [6.07, 6.45) is 5.84. The second-order valence-corrected chi connectivity index (χ2v) is 7.51. The molecule has 3 rings (SSSR count). The average Bonchev–Trinajstić information content (AvgIpc) is 2.61. The van der Waals surface area contributed by atoms with Crippen molar-refractivity contribution < 1.29 is 4.79 Å². The molecule has 1 aromatic carbocycles. The molecule has 3 N–H and O–H groups in total. The van der Waals surface area contributed by atoms with Crippen LogP contribution < -0.4 is 16.0 Å². The molecule has 1 amide bonds. The van der Waals surface area contributed by atoms with E-state index in [2.05, 4.69) is 33.9 Å². The van der Waals surface area contributed by atoms with E-state index < -0.39 is 0 Å². The zero-order valence-corrected chi connectivity index (χ0v) is 15.3. The van der Waals surface area contributed by atoms with E-state index in [-0.39, 0.29) is 11.8 Å². The molecule has 2 aliphatic rings. The number of guanidine groups is 1. The van der Waals surface area contributed by atoms with Gasteiger partial charge in [0.15, 0.2) is 5.96 Å². The number of amides is 1. The Balaban J connectivity index is 1.52. The van der Waals surface area contributed by atoms with Crippen LogP contribution in [0.25, 0.3) is 0 Å². The Labute approximate surface area is 150 Å². The van der Waals surface area contributed by atoms with Gasteiger partial charge in [-0.1, -0.05) is 38.0 Å². The predicted octanol–water partition coefficient (Wildman–Crippen LogP) is 3.10. The third kappa shape index (κ3) is 4.74. The lowest BCUT2D eigenvalue weighted by atomic mass is 9.82. The number of carbonyl (C=O) groups is 1. The van der Waals surface area contributed by atoms with Gasteiger partial charge in [0.1, 0.15) is 0 Å². The minimum atomic E-state index is 0.0876. The van der Waals surface area contributed by atoms with Gasteiger partial charge in [-0.25, -0.2) is 0 Å². The highest BCUT2D eigenvalue weighted by Gasteiger charge is 2.25. The smallest absolute Gasteiger partial charge is 0.225 e. The standard InChI is InChI=1S/C20H30N4O/c1-14-6-5-7-15(10-14)12-22-20(21-2)23-13-16-11-19(25)24-18-9-4-3-8-17(16)18/h3-4,8-9,14-16H,5-7,10-13H2,1-2H3,(H,24,25)(H2,21,22,23). The summed E-state index contributed by atoms with van der Waals surface area (Å²) in [4.78, 5) is 16.3. The zero-order valence-electron chi connectivity index (χ0n) is 15.3. The Morgan fingerprint density at radius 1 is 1.24 bits per heavy atom. The number of anilines is 1. The van der Waals surface area contributed by atoms with Crippen LogP contribution in [0.4, 0.5) is 5.69 Å². The molecule has 5 heteroatoms. The third-order valence-corrected chi connectivity index (χ3v) is 5.45. The maximum Gasteiger partial charge on any atom is 0.225 e. The predicted molar refractivity (Wildman–Crippen MR) is 103 cm³/mol. The average molecular weight is 342 g/mol. The highest BCUT2D eigenvalue weighted by molar-refractivity contribution is 5.94. The molecule has 0 aromatic heterocycles. The molecular formula is C20H30N4O. The molecule has 3 atom stereocenters. The lowest BCUT2D eigenvalue weighted by Crippen LogP contribution is -2.42. The van der Waals surface area contributed by atoms with Gasteiger partial charge in [-0.15, -0.1) is 0 Å². The normalized spacial score (nSPS) is 26.6. The summed E-state index contributed by atoms with van der Waals surface area (Å²) in [6, 6.07) is 8.05. The lowest BCUT2D eigenvalue weighted by Gasteiger charge is -2.28. The van der Waals surface area contributed by atoms with Crippen molar-refractivity contribution in [3.05, 3.63) is 29.8 Å². The third-order valence-electron chi connectivity index (χ3n) is 5.45. The molecule has 1 aromatic rings. The molecule has 3 unspecified atom stereocenters. The van der Waals surface area contributed by atoms with Crippen molar-refractivity contribution in [2.45, 2.75) is 44.9 Å². The van der Waals surface area contributed by atoms with E-state index in [1.807, 2.05) is 18.2 Å². The number of fused-ring (bicyclic) bond motifs is 1. The molecular weight excluding hydrogens is 312 g/mol. The summed E-state index contributed by atoms with van der Waals surface area (Å²) in [6.45, 7) is 4.04. The van der Waals surface area contributed by atoms with Crippen molar-refractivity contribution >= 4 is 17.6 Å². The van der Waals surface area contributed by atoms with Crippen molar-refractivity contribution in [1.29, 1.82) is 0 Å². The van der Waals surface area contributed by atoms with Crippen LogP contribution in [0, 0.1) is 11.8 Å². The highest BCUT2D eigenvalue weighted by Crippen LogP contribution is 2.31. The first-order valence-electron chi connectivity index (χ1n) is 9.49. The fourth-order valence-electron chi connectivity index (χ4n) is 4.11. The van der Waals surface area contributed by atoms with Gasteiger partial charge in [-0.05, 0) is 36.3 Å². The molecule has 1 aliphatic heterocycles. The van der Waals surface area contributed by atoms with E-state index in [1.165, 1.54) is 31.2 Å². The molecule has 0 spiro atoms. The van der Waals surface area contributed by atoms with Gasteiger partial charge >= 0.3 is 0 Å². The van der Waals surface area contributed by atoms with Gasteiger partial charge in [0.25, 0.3) is 0 Å². The van der Waals surface area contributed by atoms with Crippen LogP contribution in [0.3, 0.4) is 0 Å². The summed E-state index contributed by atoms with van der Waals surface area (Å²) in [5.41, 5.74) is 2.14. The molecule has 1 fully saturated rings. The number of rotatable bonds is 4. The lowest BCUT2D eigenvalue weighted by molar-refractivity contribution is -0.116. The van der Waals surface area contributed by atoms with Crippen molar-refractivity contribution in [3.63, 3.8) is 0 Å². The number of carbonyl (C=O) groups excluding carboxylic acids is 1. The second kappa shape index (κ2) is 8.37. The Morgan fingerprint density at radius 2 is 2.04 bits per heavy atom. The second-order valence-electron chi connectivity index (χ2n) is 7.51. The molecule has 25 heavy (non-hydrogen) atoms. The first-order valence-corrected chi connectivity index (χ1v) is 9.49. The molecule has 5 nitrogen and oxygen atoms in total. The van der Waals surface area contributed by atoms with Crippen molar-refractivity contribution in [3.8, 4) is 0 Å². The van der Waals surface area contributed by atoms with Crippen molar-refractivity contribution in [2.24, 2.45) is 16.8 Å². The van der Waals surface area contributed by atoms with Crippen LogP contribution in [-0.4, -0.2) is 32.0 Å². The maximum atomic E-state index is 11.9.